The second kappa shape index (κ2) is 7.53. The zero-order valence-corrected chi connectivity index (χ0v) is 14.9. The number of fused-ring (bicyclic) bond motifs is 1. The monoisotopic (exact) mass is 387 g/mol. The van der Waals surface area contributed by atoms with Gasteiger partial charge in [0, 0.05) is 10.5 Å². The molecule has 0 bridgehead atoms. The highest BCUT2D eigenvalue weighted by Crippen LogP contribution is 2.31. The molecule has 2 aromatic carbocycles. The van der Waals surface area contributed by atoms with Crippen molar-refractivity contribution in [2.75, 3.05) is 13.2 Å². The lowest BCUT2D eigenvalue weighted by atomic mass is 10.1. The summed E-state index contributed by atoms with van der Waals surface area (Å²) in [6.45, 7) is 3.07. The lowest BCUT2D eigenvalue weighted by Gasteiger charge is -2.18. The minimum Gasteiger partial charge on any atom is -0.486 e. The summed E-state index contributed by atoms with van der Waals surface area (Å²) in [7, 11) is 0. The van der Waals surface area contributed by atoms with Crippen molar-refractivity contribution in [3.63, 3.8) is 0 Å². The van der Waals surface area contributed by atoms with Crippen LogP contribution in [0.3, 0.4) is 0 Å². The number of carbonyl (C=O) groups excluding carboxylic acids is 1. The zero-order valence-electron chi connectivity index (χ0n) is 13.3. The van der Waals surface area contributed by atoms with Crippen molar-refractivity contribution in [1.82, 2.24) is 5.32 Å². The van der Waals surface area contributed by atoms with E-state index in [9.17, 15) is 4.79 Å². The molecule has 1 heterocycles. The molecule has 1 N–H and O–H groups in total. The largest absolute Gasteiger partial charge is 0.486 e. The van der Waals surface area contributed by atoms with Crippen LogP contribution in [0.1, 0.15) is 24.1 Å². The third-order valence-corrected chi connectivity index (χ3v) is 4.45. The number of halogens is 1. The maximum atomic E-state index is 12.1. The predicted molar refractivity (Wildman–Crippen MR) is 97.2 cm³/mol. The molecule has 3 rings (SSSR count). The fourth-order valence-corrected chi connectivity index (χ4v) is 3.13. The van der Waals surface area contributed by atoms with E-state index in [0.29, 0.717) is 19.0 Å². The van der Waals surface area contributed by atoms with Crippen LogP contribution in [0.5, 0.6) is 11.5 Å². The number of benzene rings is 2. The summed E-state index contributed by atoms with van der Waals surface area (Å²) in [4.78, 5) is 12.1. The number of hydrogen-bond donors (Lipinski definition) is 1. The smallest absolute Gasteiger partial charge is 0.244 e. The lowest BCUT2D eigenvalue weighted by Crippen LogP contribution is -2.24. The highest BCUT2D eigenvalue weighted by atomic mass is 79.9. The fourth-order valence-electron chi connectivity index (χ4n) is 2.50. The van der Waals surface area contributed by atoms with E-state index < -0.39 is 0 Å². The molecule has 1 aliphatic heterocycles. The summed E-state index contributed by atoms with van der Waals surface area (Å²) >= 11 is 3.50. The number of amides is 1. The van der Waals surface area contributed by atoms with Crippen molar-refractivity contribution in [1.29, 1.82) is 0 Å². The van der Waals surface area contributed by atoms with Crippen molar-refractivity contribution in [3.05, 3.63) is 64.1 Å². The molecule has 1 aliphatic rings. The van der Waals surface area contributed by atoms with Gasteiger partial charge in [-0.05, 0) is 42.3 Å². The highest BCUT2D eigenvalue weighted by molar-refractivity contribution is 9.10. The molecular weight excluding hydrogens is 370 g/mol. The average Bonchev–Trinajstić information content (AvgIpc) is 2.60. The summed E-state index contributed by atoms with van der Waals surface area (Å²) in [6, 6.07) is 13.4. The van der Waals surface area contributed by atoms with Gasteiger partial charge in [0.05, 0.1) is 6.04 Å². The third kappa shape index (κ3) is 3.97. The molecule has 4 nitrogen and oxygen atoms in total. The van der Waals surface area contributed by atoms with Crippen LogP contribution < -0.4 is 14.8 Å². The normalized spacial score (nSPS) is 14.4. The van der Waals surface area contributed by atoms with E-state index in [1.807, 2.05) is 49.4 Å². The number of carbonyl (C=O) groups is 1. The van der Waals surface area contributed by atoms with Gasteiger partial charge in [0.2, 0.25) is 5.91 Å². The second-order valence-electron chi connectivity index (χ2n) is 5.49. The quantitative estimate of drug-likeness (QED) is 0.802. The van der Waals surface area contributed by atoms with E-state index in [0.717, 1.165) is 21.3 Å². The van der Waals surface area contributed by atoms with E-state index in [1.54, 1.807) is 6.08 Å². The van der Waals surface area contributed by atoms with E-state index in [1.165, 1.54) is 6.08 Å². The first kappa shape index (κ1) is 16.6. The van der Waals surface area contributed by atoms with Crippen LogP contribution in [0.25, 0.3) is 6.08 Å². The lowest BCUT2D eigenvalue weighted by molar-refractivity contribution is -0.117. The summed E-state index contributed by atoms with van der Waals surface area (Å²) < 4.78 is 12.0. The number of rotatable bonds is 4. The Morgan fingerprint density at radius 1 is 1.17 bits per heavy atom. The van der Waals surface area contributed by atoms with Crippen molar-refractivity contribution < 1.29 is 14.3 Å². The van der Waals surface area contributed by atoms with Crippen molar-refractivity contribution in [2.45, 2.75) is 13.0 Å². The van der Waals surface area contributed by atoms with Gasteiger partial charge >= 0.3 is 0 Å². The fraction of sp³-hybridized carbons (Fsp3) is 0.211. The Morgan fingerprint density at radius 3 is 2.71 bits per heavy atom. The van der Waals surface area contributed by atoms with Gasteiger partial charge in [-0.1, -0.05) is 40.2 Å². The Morgan fingerprint density at radius 2 is 1.92 bits per heavy atom. The van der Waals surface area contributed by atoms with Crippen LogP contribution in [-0.2, 0) is 4.79 Å². The standard InChI is InChI=1S/C19H18BrNO3/c1-13(15-4-2-3-5-16(15)20)21-19(22)9-7-14-6-8-17-18(12-14)24-11-10-23-17/h2-9,12-13H,10-11H2,1H3,(H,21,22)/b9-7+. The maximum absolute atomic E-state index is 12.1. The van der Waals surface area contributed by atoms with Crippen LogP contribution in [-0.4, -0.2) is 19.1 Å². The molecule has 0 aliphatic carbocycles. The van der Waals surface area contributed by atoms with Gasteiger partial charge in [0.15, 0.2) is 11.5 Å². The zero-order chi connectivity index (χ0) is 16.9. The summed E-state index contributed by atoms with van der Waals surface area (Å²) in [5.41, 5.74) is 1.93. The van der Waals surface area contributed by atoms with Crippen LogP contribution in [0.2, 0.25) is 0 Å². The topological polar surface area (TPSA) is 47.6 Å². The molecule has 0 saturated carbocycles. The molecule has 124 valence electrons. The Balaban J connectivity index is 1.64. The Bertz CT molecular complexity index is 773. The van der Waals surface area contributed by atoms with Crippen LogP contribution in [0, 0.1) is 0 Å². The number of nitrogens with one attached hydrogen (secondary N) is 1. The van der Waals surface area contributed by atoms with Gasteiger partial charge in [-0.3, -0.25) is 4.79 Å². The van der Waals surface area contributed by atoms with E-state index in [4.69, 9.17) is 9.47 Å². The molecule has 5 heteroatoms. The molecule has 0 spiro atoms. The van der Waals surface area contributed by atoms with E-state index in [2.05, 4.69) is 21.2 Å². The van der Waals surface area contributed by atoms with Gasteiger partial charge < -0.3 is 14.8 Å². The Kier molecular flexibility index (Phi) is 5.20. The molecule has 0 radical (unpaired) electrons. The molecule has 0 aromatic heterocycles. The van der Waals surface area contributed by atoms with Crippen molar-refractivity contribution in [2.24, 2.45) is 0 Å². The molecule has 1 amide bonds. The van der Waals surface area contributed by atoms with Crippen molar-refractivity contribution >= 4 is 27.9 Å². The Labute approximate surface area is 149 Å². The first-order valence-electron chi connectivity index (χ1n) is 7.76. The minimum atomic E-state index is -0.145. The van der Waals surface area contributed by atoms with Gasteiger partial charge in [0.25, 0.3) is 0 Å². The predicted octanol–water partition coefficient (Wildman–Crippen LogP) is 4.11. The molecule has 1 unspecified atom stereocenters. The molecule has 1 atom stereocenters. The van der Waals surface area contributed by atoms with Crippen LogP contribution >= 0.6 is 15.9 Å². The van der Waals surface area contributed by atoms with Crippen molar-refractivity contribution in [3.8, 4) is 11.5 Å². The van der Waals surface area contributed by atoms with Gasteiger partial charge in [0.1, 0.15) is 13.2 Å². The van der Waals surface area contributed by atoms with Crippen LogP contribution in [0.15, 0.2) is 53.0 Å². The summed E-state index contributed by atoms with van der Waals surface area (Å²) in [5.74, 6) is 1.31. The average molecular weight is 388 g/mol. The molecule has 2 aromatic rings. The number of hydrogen-bond acceptors (Lipinski definition) is 3. The first-order chi connectivity index (χ1) is 11.6. The second-order valence-corrected chi connectivity index (χ2v) is 6.34. The molecular formula is C19H18BrNO3. The highest BCUT2D eigenvalue weighted by Gasteiger charge is 2.12. The SMILES string of the molecule is CC(NC(=O)/C=C/c1ccc2c(c1)OCCO2)c1ccccc1Br. The molecule has 24 heavy (non-hydrogen) atoms. The number of ether oxygens (including phenoxy) is 2. The van der Waals surface area contributed by atoms with E-state index in [-0.39, 0.29) is 11.9 Å². The van der Waals surface area contributed by atoms with E-state index >= 15 is 0 Å². The third-order valence-electron chi connectivity index (χ3n) is 3.72. The molecule has 0 saturated heterocycles. The summed E-state index contributed by atoms with van der Waals surface area (Å²) in [6.07, 6.45) is 3.29. The van der Waals surface area contributed by atoms with Crippen LogP contribution in [0.4, 0.5) is 0 Å². The van der Waals surface area contributed by atoms with Gasteiger partial charge in [-0.15, -0.1) is 0 Å². The minimum absolute atomic E-state index is 0.0852. The van der Waals surface area contributed by atoms with Gasteiger partial charge in [-0.2, -0.15) is 0 Å². The maximum Gasteiger partial charge on any atom is 0.244 e. The summed E-state index contributed by atoms with van der Waals surface area (Å²) in [5, 5.41) is 2.96. The molecule has 0 fully saturated rings. The Hall–Kier alpha value is -2.27. The first-order valence-corrected chi connectivity index (χ1v) is 8.55. The van der Waals surface area contributed by atoms with Gasteiger partial charge in [-0.25, -0.2) is 0 Å².